The Hall–Kier alpha value is -2.34. The van der Waals surface area contributed by atoms with Crippen LogP contribution < -0.4 is 15.5 Å². The van der Waals surface area contributed by atoms with Gasteiger partial charge in [0.15, 0.2) is 0 Å². The van der Waals surface area contributed by atoms with Gasteiger partial charge >= 0.3 is 0 Å². The summed E-state index contributed by atoms with van der Waals surface area (Å²) >= 11 is 1.75. The van der Waals surface area contributed by atoms with E-state index < -0.39 is 0 Å². The first kappa shape index (κ1) is 20.4. The summed E-state index contributed by atoms with van der Waals surface area (Å²) < 4.78 is 0. The lowest BCUT2D eigenvalue weighted by Crippen LogP contribution is -2.32. The van der Waals surface area contributed by atoms with Crippen LogP contribution in [0.25, 0.3) is 0 Å². The molecular weight excluding hydrogens is 370 g/mol. The third-order valence-corrected chi connectivity index (χ3v) is 5.91. The molecule has 1 aromatic carbocycles. The zero-order valence-electron chi connectivity index (χ0n) is 16.3. The van der Waals surface area contributed by atoms with Gasteiger partial charge in [-0.1, -0.05) is 6.07 Å². The van der Waals surface area contributed by atoms with E-state index in [1.807, 2.05) is 30.3 Å². The largest absolute Gasteiger partial charge is 0.372 e. The van der Waals surface area contributed by atoms with Gasteiger partial charge < -0.3 is 15.5 Å². The molecule has 3 rings (SSSR count). The highest BCUT2D eigenvalue weighted by Gasteiger charge is 2.11. The fourth-order valence-electron chi connectivity index (χ4n) is 3.42. The first-order valence-corrected chi connectivity index (χ1v) is 11.0. The molecule has 0 unspecified atom stereocenters. The number of carbonyl (C=O) groups is 2. The molecule has 28 heavy (non-hydrogen) atoms. The Balaban J connectivity index is 1.31. The molecule has 0 aliphatic carbocycles. The number of hydrogen-bond donors (Lipinski definition) is 2. The maximum Gasteiger partial charge on any atom is 0.243 e. The zero-order valence-corrected chi connectivity index (χ0v) is 17.1. The van der Waals surface area contributed by atoms with Gasteiger partial charge in [-0.3, -0.25) is 9.59 Å². The van der Waals surface area contributed by atoms with Crippen LogP contribution in [0.2, 0.25) is 0 Å². The first-order valence-electron chi connectivity index (χ1n) is 10.1. The summed E-state index contributed by atoms with van der Waals surface area (Å²) in [5.41, 5.74) is 1.96. The van der Waals surface area contributed by atoms with Crippen molar-refractivity contribution < 1.29 is 9.59 Å². The minimum Gasteiger partial charge on any atom is -0.372 e. The summed E-state index contributed by atoms with van der Waals surface area (Å²) in [4.78, 5) is 27.7. The number of rotatable bonds is 9. The number of nitrogens with zero attached hydrogens (tertiary/aromatic N) is 1. The van der Waals surface area contributed by atoms with Crippen LogP contribution in [0, 0.1) is 0 Å². The van der Waals surface area contributed by atoms with Crippen molar-refractivity contribution in [3.63, 3.8) is 0 Å². The second-order valence-corrected chi connectivity index (χ2v) is 8.24. The molecule has 1 aliphatic heterocycles. The van der Waals surface area contributed by atoms with E-state index in [9.17, 15) is 9.59 Å². The Labute approximate surface area is 171 Å². The first-order chi connectivity index (χ1) is 13.7. The number of thiophene rings is 1. The zero-order chi connectivity index (χ0) is 19.6. The molecule has 0 radical (unpaired) electrons. The van der Waals surface area contributed by atoms with Crippen LogP contribution in [0.3, 0.4) is 0 Å². The lowest BCUT2D eigenvalue weighted by molar-refractivity contribution is -0.124. The molecular formula is C22H29N3O2S. The van der Waals surface area contributed by atoms with Gasteiger partial charge in [-0.05, 0) is 74.2 Å². The third-order valence-electron chi connectivity index (χ3n) is 4.98. The molecule has 150 valence electrons. The van der Waals surface area contributed by atoms with Crippen molar-refractivity contribution in [3.8, 4) is 0 Å². The van der Waals surface area contributed by atoms with Crippen molar-refractivity contribution >= 4 is 34.5 Å². The van der Waals surface area contributed by atoms with Crippen molar-refractivity contribution in [2.24, 2.45) is 0 Å². The summed E-state index contributed by atoms with van der Waals surface area (Å²) in [6.07, 6.45) is 7.10. The number of anilines is 2. The molecule has 0 atom stereocenters. The van der Waals surface area contributed by atoms with Crippen LogP contribution in [-0.2, 0) is 16.0 Å². The summed E-state index contributed by atoms with van der Waals surface area (Å²) in [6, 6.07) is 12.1. The van der Waals surface area contributed by atoms with Crippen LogP contribution in [0.4, 0.5) is 11.4 Å². The van der Waals surface area contributed by atoms with Crippen LogP contribution in [0.1, 0.15) is 43.4 Å². The molecule has 2 heterocycles. The minimum atomic E-state index is -0.197. The molecule has 0 bridgehead atoms. The Bertz CT molecular complexity index is 738. The van der Waals surface area contributed by atoms with Crippen molar-refractivity contribution in [1.82, 2.24) is 5.32 Å². The Morgan fingerprint density at radius 1 is 0.964 bits per heavy atom. The molecule has 1 aromatic heterocycles. The summed E-state index contributed by atoms with van der Waals surface area (Å²) in [6.45, 7) is 2.22. The lowest BCUT2D eigenvalue weighted by Gasteiger charge is -2.28. The number of unbranched alkanes of at least 4 members (excludes halogenated alkanes) is 1. The van der Waals surface area contributed by atoms with E-state index >= 15 is 0 Å². The van der Waals surface area contributed by atoms with Crippen LogP contribution in [-0.4, -0.2) is 31.4 Å². The fraction of sp³-hybridized carbons (Fsp3) is 0.455. The SMILES string of the molecule is O=C(CCCCc1cccs1)NCC(=O)Nc1ccc(N2CCCCC2)cc1. The highest BCUT2D eigenvalue weighted by Crippen LogP contribution is 2.21. The number of hydrogen-bond acceptors (Lipinski definition) is 4. The van der Waals surface area contributed by atoms with Crippen molar-refractivity contribution in [2.75, 3.05) is 29.9 Å². The van der Waals surface area contributed by atoms with Gasteiger partial charge in [0.25, 0.3) is 0 Å². The van der Waals surface area contributed by atoms with Gasteiger partial charge in [0, 0.05) is 35.8 Å². The average Bonchev–Trinajstić information content (AvgIpc) is 3.24. The Morgan fingerprint density at radius 3 is 2.46 bits per heavy atom. The van der Waals surface area contributed by atoms with Crippen LogP contribution >= 0.6 is 11.3 Å². The van der Waals surface area contributed by atoms with Crippen molar-refractivity contribution in [1.29, 1.82) is 0 Å². The number of aryl methyl sites for hydroxylation is 1. The standard InChI is InChI=1S/C22H29N3O2S/c26-21(9-3-2-7-20-8-6-16-28-20)23-17-22(27)24-18-10-12-19(13-11-18)25-14-4-1-5-15-25/h6,8,10-13,16H,1-5,7,9,14-15,17H2,(H,23,26)(H,24,27). The highest BCUT2D eigenvalue weighted by atomic mass is 32.1. The number of piperidine rings is 1. The van der Waals surface area contributed by atoms with Crippen LogP contribution in [0.15, 0.2) is 41.8 Å². The van der Waals surface area contributed by atoms with Crippen molar-refractivity contribution in [3.05, 3.63) is 46.7 Å². The minimum absolute atomic E-state index is 0.0115. The summed E-state index contributed by atoms with van der Waals surface area (Å²) in [7, 11) is 0. The lowest BCUT2D eigenvalue weighted by atomic mass is 10.1. The number of benzene rings is 1. The molecule has 2 amide bonds. The molecule has 2 N–H and O–H groups in total. The van der Waals surface area contributed by atoms with Gasteiger partial charge in [-0.15, -0.1) is 11.3 Å². The van der Waals surface area contributed by atoms with Gasteiger partial charge in [0.2, 0.25) is 11.8 Å². The number of nitrogens with one attached hydrogen (secondary N) is 2. The number of amides is 2. The van der Waals surface area contributed by atoms with E-state index in [0.29, 0.717) is 6.42 Å². The van der Waals surface area contributed by atoms with E-state index in [1.165, 1.54) is 29.8 Å². The van der Waals surface area contributed by atoms with Gasteiger partial charge in [0.1, 0.15) is 0 Å². The Morgan fingerprint density at radius 2 is 1.75 bits per heavy atom. The predicted octanol–water partition coefficient (Wildman–Crippen LogP) is 4.21. The molecule has 1 saturated heterocycles. The third kappa shape index (κ3) is 6.68. The molecule has 6 heteroatoms. The number of carbonyl (C=O) groups excluding carboxylic acids is 2. The molecule has 0 saturated carbocycles. The van der Waals surface area contributed by atoms with E-state index in [-0.39, 0.29) is 18.4 Å². The van der Waals surface area contributed by atoms with Gasteiger partial charge in [-0.25, -0.2) is 0 Å². The van der Waals surface area contributed by atoms with Gasteiger partial charge in [-0.2, -0.15) is 0 Å². The van der Waals surface area contributed by atoms with E-state index in [4.69, 9.17) is 0 Å². The van der Waals surface area contributed by atoms with E-state index in [1.54, 1.807) is 11.3 Å². The van der Waals surface area contributed by atoms with Crippen molar-refractivity contribution in [2.45, 2.75) is 44.9 Å². The van der Waals surface area contributed by atoms with Crippen LogP contribution in [0.5, 0.6) is 0 Å². The second kappa shape index (κ2) is 10.9. The second-order valence-electron chi connectivity index (χ2n) is 7.21. The Kier molecular flexibility index (Phi) is 7.91. The molecule has 5 nitrogen and oxygen atoms in total. The predicted molar refractivity (Wildman–Crippen MR) is 116 cm³/mol. The monoisotopic (exact) mass is 399 g/mol. The summed E-state index contributed by atoms with van der Waals surface area (Å²) in [5.74, 6) is -0.264. The summed E-state index contributed by atoms with van der Waals surface area (Å²) in [5, 5.41) is 7.62. The highest BCUT2D eigenvalue weighted by molar-refractivity contribution is 7.09. The molecule has 2 aromatic rings. The normalized spacial score (nSPS) is 13.9. The van der Waals surface area contributed by atoms with Gasteiger partial charge in [0.05, 0.1) is 6.54 Å². The maximum absolute atomic E-state index is 12.1. The quantitative estimate of drug-likeness (QED) is 0.621. The van der Waals surface area contributed by atoms with E-state index in [2.05, 4.69) is 27.0 Å². The molecule has 0 spiro atoms. The topological polar surface area (TPSA) is 61.4 Å². The fourth-order valence-corrected chi connectivity index (χ4v) is 4.17. The molecule has 1 aliphatic rings. The average molecular weight is 400 g/mol. The van der Waals surface area contributed by atoms with E-state index in [0.717, 1.165) is 38.0 Å². The smallest absolute Gasteiger partial charge is 0.243 e. The maximum atomic E-state index is 12.1. The molecule has 1 fully saturated rings.